The molecule has 0 spiro atoms. The summed E-state index contributed by atoms with van der Waals surface area (Å²) < 4.78 is 0.729. The molecule has 18 heavy (non-hydrogen) atoms. The van der Waals surface area contributed by atoms with E-state index in [9.17, 15) is 9.59 Å². The summed E-state index contributed by atoms with van der Waals surface area (Å²) in [5.41, 5.74) is 7.16. The van der Waals surface area contributed by atoms with Crippen LogP contribution in [0.3, 0.4) is 0 Å². The number of carbonyl (C=O) groups excluding carboxylic acids is 2. The lowest BCUT2D eigenvalue weighted by atomic mass is 10.1. The number of amides is 2. The summed E-state index contributed by atoms with van der Waals surface area (Å²) in [4.78, 5) is 26.8. The van der Waals surface area contributed by atoms with Gasteiger partial charge in [-0.15, -0.1) is 0 Å². The molecule has 1 atom stereocenters. The second kappa shape index (κ2) is 4.93. The van der Waals surface area contributed by atoms with Gasteiger partial charge in [-0.1, -0.05) is 0 Å². The Morgan fingerprint density at radius 2 is 2.28 bits per heavy atom. The quantitative estimate of drug-likeness (QED) is 0.706. The molecule has 0 bridgehead atoms. The number of piperidine rings is 1. The number of aromatic nitrogens is 1. The molecule has 1 aromatic rings. The van der Waals surface area contributed by atoms with E-state index in [1.54, 1.807) is 0 Å². The van der Waals surface area contributed by atoms with E-state index in [4.69, 9.17) is 5.73 Å². The first-order chi connectivity index (χ1) is 8.49. The Bertz CT molecular complexity index is 518. The minimum atomic E-state index is -0.450. The molecule has 1 saturated heterocycles. The van der Waals surface area contributed by atoms with Crippen molar-refractivity contribution in [3.8, 4) is 0 Å². The lowest BCUT2D eigenvalue weighted by molar-refractivity contribution is -0.133. The molecule has 2 rings (SSSR count). The van der Waals surface area contributed by atoms with E-state index in [0.717, 1.165) is 10.0 Å². The number of anilines is 2. The van der Waals surface area contributed by atoms with Gasteiger partial charge in [0, 0.05) is 6.42 Å². The van der Waals surface area contributed by atoms with Gasteiger partial charge in [-0.25, -0.2) is 4.98 Å². The minimum absolute atomic E-state index is 0.237. The molecule has 1 aliphatic heterocycles. The average molecular weight is 313 g/mol. The fourth-order valence-corrected chi connectivity index (χ4v) is 2.13. The maximum atomic E-state index is 11.6. The summed E-state index contributed by atoms with van der Waals surface area (Å²) in [5.74, 6) is -0.0100. The molecule has 96 valence electrons. The monoisotopic (exact) mass is 312 g/mol. The Morgan fingerprint density at radius 1 is 1.56 bits per heavy atom. The highest BCUT2D eigenvalue weighted by atomic mass is 79.9. The number of hydrogen-bond acceptors (Lipinski definition) is 5. The van der Waals surface area contributed by atoms with Crippen LogP contribution in [0.2, 0.25) is 0 Å². The summed E-state index contributed by atoms with van der Waals surface area (Å²) >= 11 is 3.39. The Kier molecular flexibility index (Phi) is 3.51. The van der Waals surface area contributed by atoms with E-state index in [2.05, 4.69) is 31.5 Å². The molecule has 1 aromatic heterocycles. The van der Waals surface area contributed by atoms with Crippen molar-refractivity contribution in [2.45, 2.75) is 25.8 Å². The molecular weight excluding hydrogens is 300 g/mol. The SMILES string of the molecule is Cc1c(N)cnc(NC2CCC(=O)NC2=O)c1Br. The summed E-state index contributed by atoms with van der Waals surface area (Å²) in [6, 6.07) is -0.450. The number of rotatable bonds is 2. The van der Waals surface area contributed by atoms with Crippen molar-refractivity contribution in [1.82, 2.24) is 10.3 Å². The molecule has 2 amide bonds. The van der Waals surface area contributed by atoms with Crippen molar-refractivity contribution in [2.75, 3.05) is 11.1 Å². The van der Waals surface area contributed by atoms with Crippen molar-refractivity contribution in [3.63, 3.8) is 0 Å². The van der Waals surface area contributed by atoms with Gasteiger partial charge >= 0.3 is 0 Å². The first-order valence-electron chi connectivity index (χ1n) is 5.50. The largest absolute Gasteiger partial charge is 0.397 e. The van der Waals surface area contributed by atoms with Crippen LogP contribution in [-0.2, 0) is 9.59 Å². The van der Waals surface area contributed by atoms with Crippen LogP contribution in [0.25, 0.3) is 0 Å². The second-order valence-electron chi connectivity index (χ2n) is 4.15. The van der Waals surface area contributed by atoms with Crippen LogP contribution in [0, 0.1) is 6.92 Å². The number of nitrogens with one attached hydrogen (secondary N) is 2. The van der Waals surface area contributed by atoms with E-state index in [0.29, 0.717) is 24.3 Å². The van der Waals surface area contributed by atoms with Gasteiger partial charge in [0.2, 0.25) is 11.8 Å². The normalized spacial score (nSPS) is 19.6. The van der Waals surface area contributed by atoms with Crippen molar-refractivity contribution in [2.24, 2.45) is 0 Å². The van der Waals surface area contributed by atoms with Crippen LogP contribution in [0.1, 0.15) is 18.4 Å². The molecule has 7 heteroatoms. The van der Waals surface area contributed by atoms with Crippen LogP contribution in [0.15, 0.2) is 10.7 Å². The molecule has 0 aliphatic carbocycles. The Labute approximate surface area is 112 Å². The molecule has 4 N–H and O–H groups in total. The first-order valence-corrected chi connectivity index (χ1v) is 6.29. The molecule has 0 aromatic carbocycles. The molecule has 0 radical (unpaired) electrons. The van der Waals surface area contributed by atoms with E-state index in [1.807, 2.05) is 6.92 Å². The second-order valence-corrected chi connectivity index (χ2v) is 4.94. The van der Waals surface area contributed by atoms with Crippen molar-refractivity contribution in [3.05, 3.63) is 16.2 Å². The van der Waals surface area contributed by atoms with E-state index in [-0.39, 0.29) is 11.8 Å². The fraction of sp³-hybridized carbons (Fsp3) is 0.364. The smallest absolute Gasteiger partial charge is 0.249 e. The van der Waals surface area contributed by atoms with Crippen molar-refractivity contribution < 1.29 is 9.59 Å². The molecule has 1 fully saturated rings. The van der Waals surface area contributed by atoms with Gasteiger partial charge in [0.1, 0.15) is 11.9 Å². The number of nitrogens with zero attached hydrogens (tertiary/aromatic N) is 1. The summed E-state index contributed by atoms with van der Waals surface area (Å²) in [5, 5.41) is 5.30. The maximum absolute atomic E-state index is 11.6. The molecule has 1 unspecified atom stereocenters. The lowest BCUT2D eigenvalue weighted by Gasteiger charge is -2.23. The summed E-state index contributed by atoms with van der Waals surface area (Å²) in [6.07, 6.45) is 2.32. The summed E-state index contributed by atoms with van der Waals surface area (Å²) in [6.45, 7) is 1.86. The van der Waals surface area contributed by atoms with Crippen LogP contribution in [0.5, 0.6) is 0 Å². The molecular formula is C11H13BrN4O2. The van der Waals surface area contributed by atoms with Crippen LogP contribution < -0.4 is 16.4 Å². The van der Waals surface area contributed by atoms with Gasteiger partial charge in [0.15, 0.2) is 0 Å². The van der Waals surface area contributed by atoms with E-state index < -0.39 is 6.04 Å². The van der Waals surface area contributed by atoms with Crippen molar-refractivity contribution >= 4 is 39.2 Å². The maximum Gasteiger partial charge on any atom is 0.249 e. The van der Waals surface area contributed by atoms with Gasteiger partial charge in [0.25, 0.3) is 0 Å². The number of imide groups is 1. The third-order valence-corrected chi connectivity index (χ3v) is 3.82. The van der Waals surface area contributed by atoms with Gasteiger partial charge < -0.3 is 11.1 Å². The highest BCUT2D eigenvalue weighted by Crippen LogP contribution is 2.28. The summed E-state index contributed by atoms with van der Waals surface area (Å²) in [7, 11) is 0. The molecule has 2 heterocycles. The Balaban J connectivity index is 2.17. The third-order valence-electron chi connectivity index (χ3n) is 2.85. The topological polar surface area (TPSA) is 97.1 Å². The number of carbonyl (C=O) groups is 2. The predicted octanol–water partition coefficient (Wildman–Crippen LogP) is 0.952. The number of halogens is 1. The average Bonchev–Trinajstić information content (AvgIpc) is 2.33. The van der Waals surface area contributed by atoms with Gasteiger partial charge in [-0.05, 0) is 34.8 Å². The zero-order chi connectivity index (χ0) is 13.3. The predicted molar refractivity (Wildman–Crippen MR) is 70.9 cm³/mol. The van der Waals surface area contributed by atoms with Crippen molar-refractivity contribution in [1.29, 1.82) is 0 Å². The van der Waals surface area contributed by atoms with Crippen LogP contribution in [0.4, 0.5) is 11.5 Å². The molecule has 0 saturated carbocycles. The van der Waals surface area contributed by atoms with Gasteiger partial charge in [-0.3, -0.25) is 14.9 Å². The number of pyridine rings is 1. The first kappa shape index (κ1) is 12.8. The van der Waals surface area contributed by atoms with E-state index >= 15 is 0 Å². The highest BCUT2D eigenvalue weighted by Gasteiger charge is 2.27. The third kappa shape index (κ3) is 2.45. The Hall–Kier alpha value is -1.63. The number of nitrogen functional groups attached to an aromatic ring is 1. The highest BCUT2D eigenvalue weighted by molar-refractivity contribution is 9.10. The Morgan fingerprint density at radius 3 is 2.94 bits per heavy atom. The molecule has 1 aliphatic rings. The van der Waals surface area contributed by atoms with Crippen LogP contribution in [-0.4, -0.2) is 22.8 Å². The molecule has 6 nitrogen and oxygen atoms in total. The van der Waals surface area contributed by atoms with E-state index in [1.165, 1.54) is 6.20 Å². The zero-order valence-electron chi connectivity index (χ0n) is 9.79. The lowest BCUT2D eigenvalue weighted by Crippen LogP contribution is -2.47. The number of hydrogen-bond donors (Lipinski definition) is 3. The fourth-order valence-electron chi connectivity index (χ4n) is 1.69. The van der Waals surface area contributed by atoms with Gasteiger partial charge in [-0.2, -0.15) is 0 Å². The number of nitrogens with two attached hydrogens (primary N) is 1. The van der Waals surface area contributed by atoms with Crippen LogP contribution >= 0.6 is 15.9 Å². The standard InChI is InChI=1S/C11H13BrN4O2/c1-5-6(13)4-14-10(9(5)12)15-7-2-3-8(17)16-11(7)18/h4,7H,2-3,13H2,1H3,(H,14,15)(H,16,17,18). The zero-order valence-corrected chi connectivity index (χ0v) is 11.4. The van der Waals surface area contributed by atoms with Gasteiger partial charge in [0.05, 0.1) is 16.4 Å². The minimum Gasteiger partial charge on any atom is -0.397 e.